The molecule has 0 bridgehead atoms. The lowest BCUT2D eigenvalue weighted by Gasteiger charge is -2.19. The molecule has 126 valence electrons. The summed E-state index contributed by atoms with van der Waals surface area (Å²) in [6.07, 6.45) is 5.61. The first kappa shape index (κ1) is 16.0. The van der Waals surface area contributed by atoms with Crippen LogP contribution < -0.4 is 5.32 Å². The first-order valence-corrected chi connectivity index (χ1v) is 8.63. The van der Waals surface area contributed by atoms with Crippen molar-refractivity contribution in [2.24, 2.45) is 11.8 Å². The van der Waals surface area contributed by atoms with E-state index >= 15 is 0 Å². The zero-order valence-electron chi connectivity index (χ0n) is 14.0. The molecule has 0 spiro atoms. The summed E-state index contributed by atoms with van der Waals surface area (Å²) in [4.78, 5) is 26.2. The van der Waals surface area contributed by atoms with Crippen LogP contribution in [-0.4, -0.2) is 39.6 Å². The van der Waals surface area contributed by atoms with Gasteiger partial charge in [-0.1, -0.05) is 13.8 Å². The largest absolute Gasteiger partial charge is 0.352 e. The molecule has 6 heteroatoms. The van der Waals surface area contributed by atoms with Gasteiger partial charge < -0.3 is 10.2 Å². The molecule has 23 heavy (non-hydrogen) atoms. The lowest BCUT2D eigenvalue weighted by atomic mass is 10.1. The molecule has 1 fully saturated rings. The second-order valence-electron chi connectivity index (χ2n) is 7.11. The molecule has 0 aromatic carbocycles. The normalized spacial score (nSPS) is 20.9. The summed E-state index contributed by atoms with van der Waals surface area (Å²) < 4.78 is 2.05. The minimum Gasteiger partial charge on any atom is -0.352 e. The van der Waals surface area contributed by atoms with Crippen molar-refractivity contribution in [1.82, 2.24) is 20.0 Å². The van der Waals surface area contributed by atoms with E-state index in [0.29, 0.717) is 25.4 Å². The number of fused-ring (bicyclic) bond motifs is 1. The molecule has 1 aromatic heterocycles. The maximum Gasteiger partial charge on any atom is 0.225 e. The van der Waals surface area contributed by atoms with Crippen molar-refractivity contribution in [3.05, 3.63) is 17.5 Å². The third-order valence-electron chi connectivity index (χ3n) is 4.69. The standard InChI is InChI=1S/C17H26N4O2/c1-12(2)10-20-11-13(7-16(20)22)17(23)18-8-14-9-19-21-6-4-3-5-15(14)21/h9,12-13H,3-8,10-11H2,1-2H3,(H,18,23). The Morgan fingerprint density at radius 2 is 2.26 bits per heavy atom. The smallest absolute Gasteiger partial charge is 0.225 e. The zero-order chi connectivity index (χ0) is 16.4. The minimum atomic E-state index is -0.215. The number of amides is 2. The van der Waals surface area contributed by atoms with E-state index in [2.05, 4.69) is 28.9 Å². The summed E-state index contributed by atoms with van der Waals surface area (Å²) in [6.45, 7) is 6.95. The first-order chi connectivity index (χ1) is 11.0. The Balaban J connectivity index is 1.54. The Bertz CT molecular complexity index is 593. The number of carbonyl (C=O) groups excluding carboxylic acids is 2. The molecule has 1 N–H and O–H groups in total. The number of aryl methyl sites for hydroxylation is 1. The van der Waals surface area contributed by atoms with Crippen LogP contribution in [0.15, 0.2) is 6.20 Å². The summed E-state index contributed by atoms with van der Waals surface area (Å²) in [5, 5.41) is 7.39. The van der Waals surface area contributed by atoms with Crippen LogP contribution in [0.1, 0.15) is 44.4 Å². The summed E-state index contributed by atoms with van der Waals surface area (Å²) in [6, 6.07) is 0. The van der Waals surface area contributed by atoms with E-state index in [1.165, 1.54) is 18.5 Å². The van der Waals surface area contributed by atoms with Crippen LogP contribution in [0.5, 0.6) is 0 Å². The van der Waals surface area contributed by atoms with Crippen molar-refractivity contribution in [3.8, 4) is 0 Å². The molecule has 1 saturated heterocycles. The van der Waals surface area contributed by atoms with Crippen LogP contribution in [0.2, 0.25) is 0 Å². The summed E-state index contributed by atoms with van der Waals surface area (Å²) in [7, 11) is 0. The topological polar surface area (TPSA) is 67.2 Å². The van der Waals surface area contributed by atoms with Crippen molar-refractivity contribution >= 4 is 11.8 Å². The zero-order valence-corrected chi connectivity index (χ0v) is 14.0. The monoisotopic (exact) mass is 318 g/mol. The van der Waals surface area contributed by atoms with Crippen LogP contribution in [0, 0.1) is 11.8 Å². The molecular formula is C17H26N4O2. The number of hydrogen-bond donors (Lipinski definition) is 1. The first-order valence-electron chi connectivity index (χ1n) is 8.63. The Hall–Kier alpha value is -1.85. The third kappa shape index (κ3) is 3.57. The highest BCUT2D eigenvalue weighted by atomic mass is 16.2. The highest BCUT2D eigenvalue weighted by Gasteiger charge is 2.34. The fourth-order valence-electron chi connectivity index (χ4n) is 3.53. The average molecular weight is 318 g/mol. The molecule has 2 amide bonds. The highest BCUT2D eigenvalue weighted by Crippen LogP contribution is 2.21. The fraction of sp³-hybridized carbons (Fsp3) is 0.706. The van der Waals surface area contributed by atoms with Gasteiger partial charge in [-0.15, -0.1) is 0 Å². The van der Waals surface area contributed by atoms with E-state index < -0.39 is 0 Å². The molecule has 3 rings (SSSR count). The number of likely N-dealkylation sites (tertiary alicyclic amines) is 1. The maximum atomic E-state index is 12.4. The molecule has 1 aromatic rings. The predicted molar refractivity (Wildman–Crippen MR) is 86.5 cm³/mol. The quantitative estimate of drug-likeness (QED) is 0.891. The van der Waals surface area contributed by atoms with Gasteiger partial charge in [0, 0.05) is 43.9 Å². The third-order valence-corrected chi connectivity index (χ3v) is 4.69. The molecule has 0 radical (unpaired) electrons. The summed E-state index contributed by atoms with van der Waals surface area (Å²) in [5.74, 6) is 0.300. The average Bonchev–Trinajstić information content (AvgIpc) is 3.09. The summed E-state index contributed by atoms with van der Waals surface area (Å²) in [5.41, 5.74) is 2.36. The highest BCUT2D eigenvalue weighted by molar-refractivity contribution is 5.89. The molecule has 3 heterocycles. The molecule has 2 aliphatic rings. The summed E-state index contributed by atoms with van der Waals surface area (Å²) >= 11 is 0. The second kappa shape index (κ2) is 6.72. The van der Waals surface area contributed by atoms with Crippen molar-refractivity contribution in [1.29, 1.82) is 0 Å². The van der Waals surface area contributed by atoms with Gasteiger partial charge in [-0.05, 0) is 25.2 Å². The van der Waals surface area contributed by atoms with E-state index in [0.717, 1.165) is 25.1 Å². The number of aromatic nitrogens is 2. The van der Waals surface area contributed by atoms with E-state index in [4.69, 9.17) is 0 Å². The Kier molecular flexibility index (Phi) is 4.68. The molecule has 0 aliphatic carbocycles. The SMILES string of the molecule is CC(C)CN1CC(C(=O)NCc2cnn3c2CCCC3)CC1=O. The molecule has 0 saturated carbocycles. The van der Waals surface area contributed by atoms with Gasteiger partial charge in [0.05, 0.1) is 12.1 Å². The van der Waals surface area contributed by atoms with Gasteiger partial charge >= 0.3 is 0 Å². The number of carbonyl (C=O) groups is 2. The van der Waals surface area contributed by atoms with E-state index in [-0.39, 0.29) is 17.7 Å². The van der Waals surface area contributed by atoms with Crippen molar-refractivity contribution in [2.75, 3.05) is 13.1 Å². The lowest BCUT2D eigenvalue weighted by Crippen LogP contribution is -2.34. The molecule has 6 nitrogen and oxygen atoms in total. The number of nitrogens with zero attached hydrogens (tertiary/aromatic N) is 3. The van der Waals surface area contributed by atoms with Gasteiger partial charge in [0.15, 0.2) is 0 Å². The van der Waals surface area contributed by atoms with Crippen LogP contribution in [0.3, 0.4) is 0 Å². The fourth-order valence-corrected chi connectivity index (χ4v) is 3.53. The van der Waals surface area contributed by atoms with E-state index in [9.17, 15) is 9.59 Å². The van der Waals surface area contributed by atoms with Gasteiger partial charge in [-0.2, -0.15) is 5.10 Å². The molecular weight excluding hydrogens is 292 g/mol. The van der Waals surface area contributed by atoms with Crippen molar-refractivity contribution in [2.45, 2.75) is 52.6 Å². The Labute approximate surface area is 137 Å². The molecule has 1 unspecified atom stereocenters. The number of rotatable bonds is 5. The van der Waals surface area contributed by atoms with Crippen LogP contribution in [-0.2, 0) is 29.1 Å². The lowest BCUT2D eigenvalue weighted by molar-refractivity contribution is -0.129. The van der Waals surface area contributed by atoms with Crippen molar-refractivity contribution in [3.63, 3.8) is 0 Å². The maximum absolute atomic E-state index is 12.4. The van der Waals surface area contributed by atoms with Crippen molar-refractivity contribution < 1.29 is 9.59 Å². The van der Waals surface area contributed by atoms with Gasteiger partial charge in [0.25, 0.3) is 0 Å². The predicted octanol–water partition coefficient (Wildman–Crippen LogP) is 1.34. The minimum absolute atomic E-state index is 0.0136. The Morgan fingerprint density at radius 1 is 1.43 bits per heavy atom. The number of nitrogens with one attached hydrogen (secondary N) is 1. The van der Waals surface area contributed by atoms with Gasteiger partial charge in [-0.3, -0.25) is 14.3 Å². The second-order valence-corrected chi connectivity index (χ2v) is 7.11. The van der Waals surface area contributed by atoms with E-state index in [1.54, 1.807) is 0 Å². The van der Waals surface area contributed by atoms with Crippen LogP contribution in [0.25, 0.3) is 0 Å². The van der Waals surface area contributed by atoms with Gasteiger partial charge in [0.1, 0.15) is 0 Å². The van der Waals surface area contributed by atoms with E-state index in [1.807, 2.05) is 11.1 Å². The molecule has 1 atom stereocenters. The van der Waals surface area contributed by atoms with Crippen LogP contribution in [0.4, 0.5) is 0 Å². The molecule has 2 aliphatic heterocycles. The van der Waals surface area contributed by atoms with Crippen LogP contribution >= 0.6 is 0 Å². The van der Waals surface area contributed by atoms with Gasteiger partial charge in [-0.25, -0.2) is 0 Å². The Morgan fingerprint density at radius 3 is 3.04 bits per heavy atom. The number of hydrogen-bond acceptors (Lipinski definition) is 3. The van der Waals surface area contributed by atoms with Gasteiger partial charge in [0.2, 0.25) is 11.8 Å².